The lowest BCUT2D eigenvalue weighted by molar-refractivity contribution is 0.0410. The summed E-state index contributed by atoms with van der Waals surface area (Å²) in [5.74, 6) is 0.0907. The normalized spacial score (nSPS) is 16.0. The molecule has 0 radical (unpaired) electrons. The molecule has 0 atom stereocenters. The molecule has 1 saturated carbocycles. The first-order valence-electron chi connectivity index (χ1n) is 8.71. The number of hydrogen-bond acceptors (Lipinski definition) is 5. The van der Waals surface area contributed by atoms with Gasteiger partial charge in [-0.25, -0.2) is 17.9 Å². The Morgan fingerprint density at radius 3 is 2.52 bits per heavy atom. The topological polar surface area (TPSA) is 81.7 Å². The summed E-state index contributed by atoms with van der Waals surface area (Å²) in [6.07, 6.45) is 5.75. The van der Waals surface area contributed by atoms with Crippen LogP contribution in [0.2, 0.25) is 0 Å². The summed E-state index contributed by atoms with van der Waals surface area (Å²) in [6.45, 7) is 3.84. The van der Waals surface area contributed by atoms with Crippen LogP contribution in [0.5, 0.6) is 5.75 Å². The van der Waals surface area contributed by atoms with Crippen LogP contribution in [0.4, 0.5) is 0 Å². The highest BCUT2D eigenvalue weighted by atomic mass is 32.2. The molecule has 0 heterocycles. The molecule has 0 saturated heterocycles. The molecule has 0 amide bonds. The summed E-state index contributed by atoms with van der Waals surface area (Å²) in [5, 5.41) is 0. The van der Waals surface area contributed by atoms with Crippen molar-refractivity contribution in [2.75, 3.05) is 13.7 Å². The van der Waals surface area contributed by atoms with Gasteiger partial charge < -0.3 is 9.47 Å². The molecule has 1 aliphatic carbocycles. The predicted molar refractivity (Wildman–Crippen MR) is 95.3 cm³/mol. The van der Waals surface area contributed by atoms with E-state index in [-0.39, 0.29) is 22.3 Å². The summed E-state index contributed by atoms with van der Waals surface area (Å²) in [5.41, 5.74) is 0.209. The van der Waals surface area contributed by atoms with Gasteiger partial charge in [-0.05, 0) is 50.8 Å². The molecule has 0 bridgehead atoms. The van der Waals surface area contributed by atoms with Crippen molar-refractivity contribution in [2.45, 2.75) is 56.9 Å². The number of benzene rings is 1. The van der Waals surface area contributed by atoms with Gasteiger partial charge in [0.05, 0.1) is 19.3 Å². The maximum Gasteiger partial charge on any atom is 0.338 e. The number of rotatable bonds is 7. The van der Waals surface area contributed by atoms with Crippen LogP contribution in [0, 0.1) is 5.92 Å². The van der Waals surface area contributed by atoms with E-state index in [2.05, 4.69) is 4.72 Å². The van der Waals surface area contributed by atoms with E-state index >= 15 is 0 Å². The Morgan fingerprint density at radius 1 is 1.24 bits per heavy atom. The lowest BCUT2D eigenvalue weighted by atomic mass is 9.90. The van der Waals surface area contributed by atoms with Crippen molar-refractivity contribution >= 4 is 16.0 Å². The molecule has 1 fully saturated rings. The van der Waals surface area contributed by atoms with Crippen LogP contribution in [0.15, 0.2) is 23.1 Å². The fourth-order valence-corrected chi connectivity index (χ4v) is 4.46. The number of sulfonamides is 1. The van der Waals surface area contributed by atoms with E-state index in [0.717, 1.165) is 12.8 Å². The lowest BCUT2D eigenvalue weighted by Gasteiger charge is -2.21. The van der Waals surface area contributed by atoms with Crippen LogP contribution >= 0.6 is 0 Å². The fourth-order valence-electron chi connectivity index (χ4n) is 3.02. The third-order valence-corrected chi connectivity index (χ3v) is 5.93. The van der Waals surface area contributed by atoms with Crippen molar-refractivity contribution in [2.24, 2.45) is 5.92 Å². The van der Waals surface area contributed by atoms with Gasteiger partial charge in [0.25, 0.3) is 0 Å². The molecule has 0 unspecified atom stereocenters. The number of ether oxygens (including phenoxy) is 2. The third-order valence-electron chi connectivity index (χ3n) is 4.25. The Labute approximate surface area is 150 Å². The third kappa shape index (κ3) is 5.44. The average Bonchev–Trinajstić information content (AvgIpc) is 2.59. The number of hydrogen-bond donors (Lipinski definition) is 1. The van der Waals surface area contributed by atoms with E-state index in [9.17, 15) is 13.2 Å². The molecular formula is C18H27NO5S. The van der Waals surface area contributed by atoms with Gasteiger partial charge in [-0.15, -0.1) is 0 Å². The van der Waals surface area contributed by atoms with E-state index < -0.39 is 16.0 Å². The molecule has 1 aromatic carbocycles. The van der Waals surface area contributed by atoms with Gasteiger partial charge in [0.2, 0.25) is 10.0 Å². The van der Waals surface area contributed by atoms with Gasteiger partial charge in [0.15, 0.2) is 0 Å². The molecule has 1 N–H and O–H groups in total. The standard InChI is InChI=1S/C18H27NO5S/c1-13(2)19-25(21,22)17-11-15(9-10-16(17)23-3)18(20)24-12-14-7-5-4-6-8-14/h9-11,13-14,19H,4-8,12H2,1-3H3. The van der Waals surface area contributed by atoms with Crippen LogP contribution in [-0.4, -0.2) is 34.1 Å². The van der Waals surface area contributed by atoms with Crippen molar-refractivity contribution in [3.05, 3.63) is 23.8 Å². The van der Waals surface area contributed by atoms with E-state index in [0.29, 0.717) is 12.5 Å². The molecule has 2 rings (SSSR count). The van der Waals surface area contributed by atoms with Gasteiger partial charge in [-0.3, -0.25) is 0 Å². The van der Waals surface area contributed by atoms with Crippen LogP contribution < -0.4 is 9.46 Å². The number of carbonyl (C=O) groups is 1. The van der Waals surface area contributed by atoms with Crippen LogP contribution in [0.1, 0.15) is 56.3 Å². The second-order valence-electron chi connectivity index (χ2n) is 6.74. The Hall–Kier alpha value is -1.60. The molecule has 1 aromatic rings. The smallest absolute Gasteiger partial charge is 0.338 e. The van der Waals surface area contributed by atoms with Crippen LogP contribution in [0.3, 0.4) is 0 Å². The number of nitrogens with one attached hydrogen (secondary N) is 1. The maximum absolute atomic E-state index is 12.5. The maximum atomic E-state index is 12.5. The summed E-state index contributed by atoms with van der Waals surface area (Å²) < 4.78 is 37.9. The van der Waals surface area contributed by atoms with E-state index in [4.69, 9.17) is 9.47 Å². The lowest BCUT2D eigenvalue weighted by Crippen LogP contribution is -2.30. The Kier molecular flexibility index (Phi) is 6.84. The van der Waals surface area contributed by atoms with Gasteiger partial charge >= 0.3 is 5.97 Å². The van der Waals surface area contributed by atoms with Crippen molar-refractivity contribution < 1.29 is 22.7 Å². The van der Waals surface area contributed by atoms with Gasteiger partial charge in [-0.2, -0.15) is 0 Å². The number of carbonyl (C=O) groups excluding carboxylic acids is 1. The zero-order chi connectivity index (χ0) is 18.4. The highest BCUT2D eigenvalue weighted by Gasteiger charge is 2.23. The molecule has 7 heteroatoms. The second kappa shape index (κ2) is 8.67. The molecule has 25 heavy (non-hydrogen) atoms. The van der Waals surface area contributed by atoms with E-state index in [1.807, 2.05) is 0 Å². The van der Waals surface area contributed by atoms with E-state index in [1.165, 1.54) is 44.6 Å². The van der Waals surface area contributed by atoms with Crippen molar-refractivity contribution in [1.82, 2.24) is 4.72 Å². The molecule has 1 aliphatic rings. The van der Waals surface area contributed by atoms with Crippen LogP contribution in [0.25, 0.3) is 0 Å². The first-order valence-corrected chi connectivity index (χ1v) is 10.2. The Balaban J connectivity index is 2.15. The minimum atomic E-state index is -3.78. The largest absolute Gasteiger partial charge is 0.495 e. The van der Waals surface area contributed by atoms with Gasteiger partial charge in [0, 0.05) is 6.04 Å². The Bertz CT molecular complexity index is 693. The first-order chi connectivity index (χ1) is 11.8. The molecule has 0 aliphatic heterocycles. The average molecular weight is 369 g/mol. The summed E-state index contributed by atoms with van der Waals surface area (Å²) in [6, 6.07) is 4.05. The predicted octanol–water partition coefficient (Wildman–Crippen LogP) is 3.12. The monoisotopic (exact) mass is 369 g/mol. The van der Waals surface area contributed by atoms with Gasteiger partial charge in [-0.1, -0.05) is 19.3 Å². The first kappa shape index (κ1) is 19.7. The van der Waals surface area contributed by atoms with Crippen molar-refractivity contribution in [3.63, 3.8) is 0 Å². The Morgan fingerprint density at radius 2 is 1.92 bits per heavy atom. The molecule has 140 valence electrons. The quantitative estimate of drug-likeness (QED) is 0.747. The highest BCUT2D eigenvalue weighted by molar-refractivity contribution is 7.89. The minimum Gasteiger partial charge on any atom is -0.495 e. The second-order valence-corrected chi connectivity index (χ2v) is 8.43. The molecule has 0 aromatic heterocycles. The number of esters is 1. The zero-order valence-corrected chi connectivity index (χ0v) is 15.9. The summed E-state index contributed by atoms with van der Waals surface area (Å²) >= 11 is 0. The summed E-state index contributed by atoms with van der Waals surface area (Å²) in [4.78, 5) is 12.3. The minimum absolute atomic E-state index is 0.0594. The van der Waals surface area contributed by atoms with E-state index in [1.54, 1.807) is 13.8 Å². The molecule has 0 spiro atoms. The SMILES string of the molecule is COc1ccc(C(=O)OCC2CCCCC2)cc1S(=O)(=O)NC(C)C. The van der Waals surface area contributed by atoms with Gasteiger partial charge in [0.1, 0.15) is 10.6 Å². The molecule has 6 nitrogen and oxygen atoms in total. The summed E-state index contributed by atoms with van der Waals surface area (Å²) in [7, 11) is -2.38. The fraction of sp³-hybridized carbons (Fsp3) is 0.611. The van der Waals surface area contributed by atoms with Crippen molar-refractivity contribution in [1.29, 1.82) is 0 Å². The highest BCUT2D eigenvalue weighted by Crippen LogP contribution is 2.27. The molecular weight excluding hydrogens is 342 g/mol. The van der Waals surface area contributed by atoms with Crippen LogP contribution in [-0.2, 0) is 14.8 Å². The zero-order valence-electron chi connectivity index (χ0n) is 15.1. The van der Waals surface area contributed by atoms with Crippen molar-refractivity contribution in [3.8, 4) is 5.75 Å². The number of methoxy groups -OCH3 is 1.